The number of para-hydroxylation sites is 2. The Kier molecular flexibility index (Phi) is 4.53. The Morgan fingerprint density at radius 3 is 2.67 bits per heavy atom. The second-order valence-corrected chi connectivity index (χ2v) is 4.99. The van der Waals surface area contributed by atoms with Crippen molar-refractivity contribution in [2.75, 3.05) is 36.9 Å². The molecule has 4 heteroatoms. The molecule has 2 rings (SSSR count). The van der Waals surface area contributed by atoms with Crippen molar-refractivity contribution in [1.29, 1.82) is 0 Å². The molecule has 1 aromatic rings. The molecule has 0 amide bonds. The molecule has 0 spiro atoms. The summed E-state index contributed by atoms with van der Waals surface area (Å²) in [4.78, 5) is 4.17. The van der Waals surface area contributed by atoms with Crippen molar-refractivity contribution in [3.8, 4) is 0 Å². The quantitative estimate of drug-likeness (QED) is 0.817. The first-order valence-electron chi connectivity index (χ1n) is 6.77. The van der Waals surface area contributed by atoms with E-state index in [0.717, 1.165) is 32.5 Å². The zero-order valence-electron chi connectivity index (χ0n) is 11.4. The van der Waals surface area contributed by atoms with E-state index in [1.165, 1.54) is 11.4 Å². The normalized spacial score (nSPS) is 17.7. The maximum atomic E-state index is 5.79. The van der Waals surface area contributed by atoms with E-state index in [4.69, 9.17) is 7.98 Å². The van der Waals surface area contributed by atoms with Gasteiger partial charge in [0.1, 0.15) is 0 Å². The topological polar surface area (TPSA) is 18.5 Å². The number of hydrogen-bond donors (Lipinski definition) is 1. The van der Waals surface area contributed by atoms with E-state index in [9.17, 15) is 0 Å². The third-order valence-electron chi connectivity index (χ3n) is 3.68. The fourth-order valence-electron chi connectivity index (χ4n) is 2.36. The predicted octanol–water partition coefficient (Wildman–Crippen LogP) is 2.10. The Bertz CT molecular complexity index is 375. The highest BCUT2D eigenvalue weighted by atomic mass is 15.1. The molecule has 0 atom stereocenters. The van der Waals surface area contributed by atoms with Crippen LogP contribution >= 0.6 is 0 Å². The number of nitrogens with zero attached hydrogens (tertiary/aromatic N) is 2. The fraction of sp³-hybridized carbons (Fsp3) is 0.571. The third-order valence-corrected chi connectivity index (χ3v) is 3.68. The molecule has 1 saturated heterocycles. The van der Waals surface area contributed by atoms with Gasteiger partial charge in [0, 0.05) is 19.6 Å². The molecule has 1 aromatic carbocycles. The Balaban J connectivity index is 2.04. The van der Waals surface area contributed by atoms with Gasteiger partial charge in [-0.1, -0.05) is 12.1 Å². The summed E-state index contributed by atoms with van der Waals surface area (Å²) < 4.78 is 0. The van der Waals surface area contributed by atoms with E-state index in [2.05, 4.69) is 48.5 Å². The van der Waals surface area contributed by atoms with E-state index in [0.29, 0.717) is 6.04 Å². The summed E-state index contributed by atoms with van der Waals surface area (Å²) in [6, 6.07) is 9.05. The first-order chi connectivity index (χ1) is 8.70. The molecule has 1 aliphatic rings. The largest absolute Gasteiger partial charge is 0.381 e. The second kappa shape index (κ2) is 6.14. The first kappa shape index (κ1) is 13.3. The molecule has 1 N–H and O–H groups in total. The fourth-order valence-corrected chi connectivity index (χ4v) is 2.36. The second-order valence-electron chi connectivity index (χ2n) is 4.99. The van der Waals surface area contributed by atoms with Gasteiger partial charge in [-0.05, 0) is 45.0 Å². The number of anilines is 2. The zero-order chi connectivity index (χ0) is 13.0. The summed E-state index contributed by atoms with van der Waals surface area (Å²) in [5, 5.41) is 3.66. The van der Waals surface area contributed by atoms with Crippen molar-refractivity contribution in [1.82, 2.24) is 4.81 Å². The average Bonchev–Trinajstić information content (AvgIpc) is 2.41. The number of piperidine rings is 1. The molecule has 0 aliphatic carbocycles. The average molecular weight is 243 g/mol. The van der Waals surface area contributed by atoms with Gasteiger partial charge in [0.15, 0.2) is 7.98 Å². The lowest BCUT2D eigenvalue weighted by atomic mass is 10.0. The lowest BCUT2D eigenvalue weighted by molar-refractivity contribution is 0.346. The van der Waals surface area contributed by atoms with Crippen molar-refractivity contribution < 1.29 is 0 Å². The molecule has 0 saturated carbocycles. The number of nitrogens with one attached hydrogen (secondary N) is 1. The van der Waals surface area contributed by atoms with Crippen LogP contribution in [0.15, 0.2) is 24.3 Å². The summed E-state index contributed by atoms with van der Waals surface area (Å²) in [6.07, 6.45) is 2.22. The van der Waals surface area contributed by atoms with Crippen LogP contribution in [0.5, 0.6) is 0 Å². The van der Waals surface area contributed by atoms with Crippen molar-refractivity contribution in [3.63, 3.8) is 0 Å². The summed E-state index contributed by atoms with van der Waals surface area (Å²) in [7, 11) is 7.92. The van der Waals surface area contributed by atoms with E-state index < -0.39 is 0 Å². The Labute approximate surface area is 112 Å². The SMILES string of the molecule is [B]N1CCC(Nc2ccccc2N(C)CC)CC1. The van der Waals surface area contributed by atoms with E-state index >= 15 is 0 Å². The first-order valence-corrected chi connectivity index (χ1v) is 6.77. The predicted molar refractivity (Wildman–Crippen MR) is 79.4 cm³/mol. The van der Waals surface area contributed by atoms with E-state index in [1.807, 2.05) is 4.81 Å². The van der Waals surface area contributed by atoms with Crippen LogP contribution in [0, 0.1) is 0 Å². The lowest BCUT2D eigenvalue weighted by Gasteiger charge is -2.32. The van der Waals surface area contributed by atoms with Gasteiger partial charge in [0.05, 0.1) is 11.4 Å². The number of hydrogen-bond acceptors (Lipinski definition) is 3. The van der Waals surface area contributed by atoms with Crippen LogP contribution in [-0.2, 0) is 0 Å². The van der Waals surface area contributed by atoms with Gasteiger partial charge in [0.25, 0.3) is 0 Å². The highest BCUT2D eigenvalue weighted by Gasteiger charge is 2.17. The van der Waals surface area contributed by atoms with E-state index in [1.54, 1.807) is 0 Å². The Hall–Kier alpha value is -1.16. The summed E-state index contributed by atoms with van der Waals surface area (Å²) in [5.74, 6) is 0. The number of rotatable bonds is 4. The van der Waals surface area contributed by atoms with Crippen LogP contribution in [0.3, 0.4) is 0 Å². The van der Waals surface area contributed by atoms with Crippen LogP contribution in [0.2, 0.25) is 0 Å². The van der Waals surface area contributed by atoms with Crippen LogP contribution in [0.25, 0.3) is 0 Å². The molecule has 96 valence electrons. The summed E-state index contributed by atoms with van der Waals surface area (Å²) in [6.45, 7) is 5.14. The lowest BCUT2D eigenvalue weighted by Crippen LogP contribution is -2.37. The molecule has 2 radical (unpaired) electrons. The highest BCUT2D eigenvalue weighted by molar-refractivity contribution is 6.04. The molecule has 18 heavy (non-hydrogen) atoms. The van der Waals surface area contributed by atoms with Crippen LogP contribution < -0.4 is 10.2 Å². The summed E-state index contributed by atoms with van der Waals surface area (Å²) >= 11 is 0. The van der Waals surface area contributed by atoms with Crippen LogP contribution in [0.4, 0.5) is 11.4 Å². The molecule has 0 aromatic heterocycles. The van der Waals surface area contributed by atoms with Gasteiger partial charge in [-0.25, -0.2) is 0 Å². The molecule has 1 aliphatic heterocycles. The van der Waals surface area contributed by atoms with Crippen molar-refractivity contribution >= 4 is 19.4 Å². The van der Waals surface area contributed by atoms with E-state index in [-0.39, 0.29) is 0 Å². The molecule has 3 nitrogen and oxygen atoms in total. The monoisotopic (exact) mass is 243 g/mol. The minimum atomic E-state index is 0.538. The maximum absolute atomic E-state index is 5.79. The zero-order valence-corrected chi connectivity index (χ0v) is 11.4. The van der Waals surface area contributed by atoms with Gasteiger partial charge in [-0.3, -0.25) is 0 Å². The molecule has 1 fully saturated rings. The van der Waals surface area contributed by atoms with Gasteiger partial charge < -0.3 is 15.0 Å². The molecule has 0 unspecified atom stereocenters. The van der Waals surface area contributed by atoms with Crippen molar-refractivity contribution in [2.24, 2.45) is 0 Å². The van der Waals surface area contributed by atoms with Crippen LogP contribution in [-0.4, -0.2) is 45.5 Å². The molecule has 0 bridgehead atoms. The van der Waals surface area contributed by atoms with Gasteiger partial charge in [-0.15, -0.1) is 0 Å². The summed E-state index contributed by atoms with van der Waals surface area (Å²) in [5.41, 5.74) is 2.51. The number of benzene rings is 1. The van der Waals surface area contributed by atoms with Gasteiger partial charge in [0.2, 0.25) is 0 Å². The Morgan fingerprint density at radius 1 is 1.33 bits per heavy atom. The van der Waals surface area contributed by atoms with Crippen LogP contribution in [0.1, 0.15) is 19.8 Å². The minimum absolute atomic E-state index is 0.538. The Morgan fingerprint density at radius 2 is 2.00 bits per heavy atom. The van der Waals surface area contributed by atoms with Crippen molar-refractivity contribution in [3.05, 3.63) is 24.3 Å². The standard InChI is InChI=1S/C14H22BN3/c1-3-17(2)14-7-5-4-6-13(14)16-12-8-10-18(15)11-9-12/h4-7,12,16H,3,8-11H2,1-2H3. The smallest absolute Gasteiger partial charge is 0.182 e. The van der Waals surface area contributed by atoms with Gasteiger partial charge in [-0.2, -0.15) is 0 Å². The highest BCUT2D eigenvalue weighted by Crippen LogP contribution is 2.26. The molecular formula is C14H22BN3. The minimum Gasteiger partial charge on any atom is -0.381 e. The maximum Gasteiger partial charge on any atom is 0.182 e. The third kappa shape index (κ3) is 3.19. The van der Waals surface area contributed by atoms with Gasteiger partial charge >= 0.3 is 0 Å². The van der Waals surface area contributed by atoms with Crippen molar-refractivity contribution in [2.45, 2.75) is 25.8 Å². The molecular weight excluding hydrogens is 221 g/mol. The molecule has 1 heterocycles.